The van der Waals surface area contributed by atoms with Crippen LogP contribution in [-0.4, -0.2) is 32.3 Å². The van der Waals surface area contributed by atoms with E-state index >= 15 is 0 Å². The van der Waals surface area contributed by atoms with Crippen LogP contribution >= 0.6 is 11.8 Å². The Morgan fingerprint density at radius 2 is 1.88 bits per heavy atom. The molecule has 0 fully saturated rings. The van der Waals surface area contributed by atoms with Gasteiger partial charge in [-0.05, 0) is 25.3 Å². The van der Waals surface area contributed by atoms with Gasteiger partial charge in [-0.15, -0.1) is 11.8 Å². The summed E-state index contributed by atoms with van der Waals surface area (Å²) in [6, 6.07) is 2.91. The van der Waals surface area contributed by atoms with Crippen LogP contribution in [0.15, 0.2) is 17.0 Å². The van der Waals surface area contributed by atoms with Gasteiger partial charge in [0.15, 0.2) is 5.78 Å². The lowest BCUT2D eigenvalue weighted by atomic mass is 10.0. The van der Waals surface area contributed by atoms with Crippen LogP contribution in [0, 0.1) is 0 Å². The smallest absolute Gasteiger partial charge is 0.183 e. The lowest BCUT2D eigenvalue weighted by molar-refractivity contribution is 0.0964. The van der Waals surface area contributed by atoms with Gasteiger partial charge in [0.2, 0.25) is 0 Å². The van der Waals surface area contributed by atoms with Crippen molar-refractivity contribution < 1.29 is 14.3 Å². The van der Waals surface area contributed by atoms with Crippen molar-refractivity contribution in [2.45, 2.75) is 17.9 Å². The minimum Gasteiger partial charge on any atom is -0.496 e. The number of Topliss-reactive ketones (excluding diaryl/α,β-unsaturated/α-hetero) is 1. The lowest BCUT2D eigenvalue weighted by Crippen LogP contribution is -2.27. The Bertz CT molecular complexity index is 418. The minimum absolute atomic E-state index is 0.159. The number of carbonyl (C=O) groups excluding carboxylic acids is 1. The second-order valence-corrected chi connectivity index (χ2v) is 4.41. The summed E-state index contributed by atoms with van der Waals surface area (Å²) < 4.78 is 10.5. The van der Waals surface area contributed by atoms with Crippen molar-refractivity contribution in [1.82, 2.24) is 0 Å². The van der Waals surface area contributed by atoms with Gasteiger partial charge < -0.3 is 15.2 Å². The molecule has 17 heavy (non-hydrogen) atoms. The minimum atomic E-state index is -0.561. The second-order valence-electron chi connectivity index (χ2n) is 3.56. The van der Waals surface area contributed by atoms with E-state index in [1.807, 2.05) is 6.26 Å². The van der Waals surface area contributed by atoms with E-state index in [0.29, 0.717) is 17.1 Å². The number of thioether (sulfide) groups is 1. The number of rotatable bonds is 5. The molecule has 2 N–H and O–H groups in total. The van der Waals surface area contributed by atoms with E-state index in [0.717, 1.165) is 4.90 Å². The largest absolute Gasteiger partial charge is 0.496 e. The maximum atomic E-state index is 11.9. The SMILES string of the molecule is COc1cc(C(=O)C(C)N)c(OC)cc1SC. The van der Waals surface area contributed by atoms with E-state index < -0.39 is 6.04 Å². The number of ketones is 1. The summed E-state index contributed by atoms with van der Waals surface area (Å²) in [6.45, 7) is 1.65. The molecule has 0 heterocycles. The predicted molar refractivity (Wildman–Crippen MR) is 69.3 cm³/mol. The number of nitrogens with two attached hydrogens (primary N) is 1. The summed E-state index contributed by atoms with van der Waals surface area (Å²) in [6.07, 6.45) is 1.93. The van der Waals surface area contributed by atoms with Crippen LogP contribution in [0.1, 0.15) is 17.3 Å². The molecule has 1 unspecified atom stereocenters. The summed E-state index contributed by atoms with van der Waals surface area (Å²) in [5.74, 6) is 1.02. The third kappa shape index (κ3) is 2.92. The number of ether oxygens (including phenoxy) is 2. The van der Waals surface area contributed by atoms with Crippen molar-refractivity contribution in [3.05, 3.63) is 17.7 Å². The third-order valence-corrected chi connectivity index (χ3v) is 3.14. The lowest BCUT2D eigenvalue weighted by Gasteiger charge is -2.14. The zero-order valence-electron chi connectivity index (χ0n) is 10.4. The predicted octanol–water partition coefficient (Wildman–Crippen LogP) is 1.96. The van der Waals surface area contributed by atoms with Crippen molar-refractivity contribution in [3.8, 4) is 11.5 Å². The average Bonchev–Trinajstić information content (AvgIpc) is 2.35. The molecule has 1 aromatic carbocycles. The Labute approximate surface area is 105 Å². The van der Waals surface area contributed by atoms with E-state index in [9.17, 15) is 4.79 Å². The van der Waals surface area contributed by atoms with Crippen LogP contribution < -0.4 is 15.2 Å². The van der Waals surface area contributed by atoms with Gasteiger partial charge in [0, 0.05) is 0 Å². The van der Waals surface area contributed by atoms with E-state index in [2.05, 4.69) is 0 Å². The van der Waals surface area contributed by atoms with Gasteiger partial charge in [-0.1, -0.05) is 0 Å². The summed E-state index contributed by atoms with van der Waals surface area (Å²) >= 11 is 1.53. The van der Waals surface area contributed by atoms with Crippen LogP contribution in [0.3, 0.4) is 0 Å². The number of methoxy groups -OCH3 is 2. The van der Waals surface area contributed by atoms with Crippen LogP contribution in [0.5, 0.6) is 11.5 Å². The van der Waals surface area contributed by atoms with E-state index in [-0.39, 0.29) is 5.78 Å². The van der Waals surface area contributed by atoms with E-state index in [1.54, 1.807) is 26.2 Å². The fourth-order valence-electron chi connectivity index (χ4n) is 1.47. The normalized spacial score (nSPS) is 12.1. The van der Waals surface area contributed by atoms with E-state index in [1.165, 1.54) is 18.9 Å². The molecule has 0 aliphatic carbocycles. The van der Waals surface area contributed by atoms with Crippen LogP contribution in [0.25, 0.3) is 0 Å². The molecule has 1 rings (SSSR count). The van der Waals surface area contributed by atoms with Gasteiger partial charge >= 0.3 is 0 Å². The highest BCUT2D eigenvalue weighted by atomic mass is 32.2. The standard InChI is InChI=1S/C12H17NO3S/c1-7(13)12(14)8-5-10(16-3)11(17-4)6-9(8)15-2/h5-7H,13H2,1-4H3. The maximum Gasteiger partial charge on any atom is 0.183 e. The molecule has 1 aromatic rings. The molecule has 0 amide bonds. The Morgan fingerprint density at radius 1 is 1.29 bits per heavy atom. The van der Waals surface area contributed by atoms with Crippen molar-refractivity contribution in [2.24, 2.45) is 5.73 Å². The highest BCUT2D eigenvalue weighted by Gasteiger charge is 2.19. The Hall–Kier alpha value is -1.20. The maximum absolute atomic E-state index is 11.9. The fraction of sp³-hybridized carbons (Fsp3) is 0.417. The van der Waals surface area contributed by atoms with E-state index in [4.69, 9.17) is 15.2 Å². The third-order valence-electron chi connectivity index (χ3n) is 2.38. The molecule has 0 aliphatic rings. The second kappa shape index (κ2) is 5.93. The number of carbonyl (C=O) groups is 1. The molecular weight excluding hydrogens is 238 g/mol. The number of hydrogen-bond donors (Lipinski definition) is 1. The molecule has 1 atom stereocenters. The van der Waals surface area contributed by atoms with Gasteiger partial charge in [-0.25, -0.2) is 0 Å². The molecular formula is C12H17NO3S. The highest BCUT2D eigenvalue weighted by molar-refractivity contribution is 7.98. The van der Waals surface area contributed by atoms with Crippen molar-refractivity contribution in [2.75, 3.05) is 20.5 Å². The summed E-state index contributed by atoms with van der Waals surface area (Å²) in [5.41, 5.74) is 6.06. The van der Waals surface area contributed by atoms with Gasteiger partial charge in [-0.3, -0.25) is 4.79 Å². The molecule has 0 aromatic heterocycles. The summed E-state index contributed by atoms with van der Waals surface area (Å²) in [5, 5.41) is 0. The monoisotopic (exact) mass is 255 g/mol. The first kappa shape index (κ1) is 13.9. The zero-order chi connectivity index (χ0) is 13.0. The van der Waals surface area contributed by atoms with Crippen LogP contribution in [0.4, 0.5) is 0 Å². The molecule has 4 nitrogen and oxygen atoms in total. The molecule has 5 heteroatoms. The Balaban J connectivity index is 3.33. The fourth-order valence-corrected chi connectivity index (χ4v) is 2.04. The molecule has 0 aliphatic heterocycles. The summed E-state index contributed by atoms with van der Waals surface area (Å²) in [7, 11) is 3.10. The first-order valence-corrected chi connectivity index (χ1v) is 6.37. The molecule has 0 saturated heterocycles. The van der Waals surface area contributed by atoms with Gasteiger partial charge in [0.25, 0.3) is 0 Å². The number of benzene rings is 1. The molecule has 0 saturated carbocycles. The molecule has 0 spiro atoms. The van der Waals surface area contributed by atoms with Gasteiger partial charge in [-0.2, -0.15) is 0 Å². The van der Waals surface area contributed by atoms with Crippen molar-refractivity contribution in [3.63, 3.8) is 0 Å². The van der Waals surface area contributed by atoms with Gasteiger partial charge in [0.05, 0.1) is 30.7 Å². The quantitative estimate of drug-likeness (QED) is 0.643. The van der Waals surface area contributed by atoms with Crippen molar-refractivity contribution in [1.29, 1.82) is 0 Å². The van der Waals surface area contributed by atoms with Crippen LogP contribution in [-0.2, 0) is 0 Å². The van der Waals surface area contributed by atoms with Crippen molar-refractivity contribution >= 4 is 17.5 Å². The molecule has 0 radical (unpaired) electrons. The first-order valence-electron chi connectivity index (χ1n) is 5.15. The average molecular weight is 255 g/mol. The zero-order valence-corrected chi connectivity index (χ0v) is 11.3. The highest BCUT2D eigenvalue weighted by Crippen LogP contribution is 2.34. The van der Waals surface area contributed by atoms with Crippen LogP contribution in [0.2, 0.25) is 0 Å². The Morgan fingerprint density at radius 3 is 2.29 bits per heavy atom. The molecule has 0 bridgehead atoms. The number of hydrogen-bond acceptors (Lipinski definition) is 5. The first-order chi connectivity index (χ1) is 8.04. The summed E-state index contributed by atoms with van der Waals surface area (Å²) in [4.78, 5) is 12.8. The topological polar surface area (TPSA) is 61.5 Å². The Kier molecular flexibility index (Phi) is 4.84. The molecule has 94 valence electrons. The van der Waals surface area contributed by atoms with Gasteiger partial charge in [0.1, 0.15) is 11.5 Å².